The minimum atomic E-state index is -0.367. The second kappa shape index (κ2) is 6.36. The summed E-state index contributed by atoms with van der Waals surface area (Å²) in [6, 6.07) is 7.45. The highest BCUT2D eigenvalue weighted by Crippen LogP contribution is 2.13. The fourth-order valence-corrected chi connectivity index (χ4v) is 2.86. The number of carbonyl (C=O) groups excluding carboxylic acids is 1. The van der Waals surface area contributed by atoms with Gasteiger partial charge in [-0.1, -0.05) is 12.1 Å². The van der Waals surface area contributed by atoms with Crippen LogP contribution in [0, 0.1) is 0 Å². The van der Waals surface area contributed by atoms with E-state index in [1.807, 2.05) is 30.0 Å². The zero-order valence-electron chi connectivity index (χ0n) is 12.7. The molecule has 2 aromatic rings. The molecule has 1 aromatic carbocycles. The van der Waals surface area contributed by atoms with Crippen molar-refractivity contribution >= 4 is 17.0 Å². The Morgan fingerprint density at radius 2 is 2.18 bits per heavy atom. The number of ether oxygens (including phenoxy) is 1. The molecule has 0 radical (unpaired) electrons. The number of benzene rings is 1. The number of amides is 1. The van der Waals surface area contributed by atoms with Crippen LogP contribution in [-0.4, -0.2) is 41.2 Å². The van der Waals surface area contributed by atoms with Crippen LogP contribution in [0.2, 0.25) is 0 Å². The lowest BCUT2D eigenvalue weighted by Crippen LogP contribution is -2.47. The van der Waals surface area contributed by atoms with Crippen LogP contribution in [-0.2, 0) is 16.1 Å². The van der Waals surface area contributed by atoms with Crippen molar-refractivity contribution in [2.75, 3.05) is 19.8 Å². The number of hydrogen-bond acceptors (Lipinski definition) is 4. The average Bonchev–Trinajstić information content (AvgIpc) is 2.83. The topological polar surface area (TPSA) is 64.7 Å². The molecule has 0 spiro atoms. The zero-order chi connectivity index (χ0) is 15.5. The van der Waals surface area contributed by atoms with Crippen LogP contribution in [0.15, 0.2) is 33.5 Å². The number of oxazole rings is 1. The molecule has 1 saturated heterocycles. The highest BCUT2D eigenvalue weighted by atomic mass is 16.5. The molecule has 1 amide bonds. The molecule has 1 fully saturated rings. The summed E-state index contributed by atoms with van der Waals surface area (Å²) in [6.07, 6.45) is 1.04. The summed E-state index contributed by atoms with van der Waals surface area (Å²) in [7, 11) is 0. The normalized spacial score (nSPS) is 18.8. The van der Waals surface area contributed by atoms with Crippen molar-refractivity contribution in [3.05, 3.63) is 34.8 Å². The molecule has 118 valence electrons. The second-order valence-electron chi connectivity index (χ2n) is 5.60. The number of aryl methyl sites for hydroxylation is 1. The standard InChI is InChI=1S/C16H20N2O4/c1-12-11-21-10-9-17(12)15(19)7-4-8-18-13-5-2-3-6-14(13)22-16(18)20/h2-3,5-6,12H,4,7-11H2,1H3/t12-/m1/s1. The highest BCUT2D eigenvalue weighted by Gasteiger charge is 2.23. The van der Waals surface area contributed by atoms with Gasteiger partial charge >= 0.3 is 5.76 Å². The van der Waals surface area contributed by atoms with E-state index < -0.39 is 0 Å². The Hall–Kier alpha value is -2.08. The smallest absolute Gasteiger partial charge is 0.408 e. The Labute approximate surface area is 128 Å². The van der Waals surface area contributed by atoms with Gasteiger partial charge in [-0.25, -0.2) is 4.79 Å². The summed E-state index contributed by atoms with van der Waals surface area (Å²) in [6.45, 7) is 4.32. The number of carbonyl (C=O) groups is 1. The third-order valence-electron chi connectivity index (χ3n) is 4.03. The van der Waals surface area contributed by atoms with Crippen LogP contribution in [0.25, 0.3) is 11.1 Å². The summed E-state index contributed by atoms with van der Waals surface area (Å²) in [5, 5.41) is 0. The first-order valence-electron chi connectivity index (χ1n) is 7.62. The summed E-state index contributed by atoms with van der Waals surface area (Å²) in [5.41, 5.74) is 1.36. The lowest BCUT2D eigenvalue weighted by atomic mass is 10.2. The first-order valence-corrected chi connectivity index (χ1v) is 7.62. The third kappa shape index (κ3) is 2.92. The lowest BCUT2D eigenvalue weighted by Gasteiger charge is -2.33. The molecule has 1 aliphatic heterocycles. The van der Waals surface area contributed by atoms with Crippen molar-refractivity contribution in [2.45, 2.75) is 32.4 Å². The molecule has 3 rings (SSSR count). The Morgan fingerprint density at radius 1 is 1.36 bits per heavy atom. The molecule has 0 aliphatic carbocycles. The Morgan fingerprint density at radius 3 is 3.00 bits per heavy atom. The number of fused-ring (bicyclic) bond motifs is 1. The minimum absolute atomic E-state index is 0.122. The maximum Gasteiger partial charge on any atom is 0.419 e. The molecule has 0 N–H and O–H groups in total. The van der Waals surface area contributed by atoms with Crippen LogP contribution in [0.5, 0.6) is 0 Å². The van der Waals surface area contributed by atoms with E-state index in [9.17, 15) is 9.59 Å². The van der Waals surface area contributed by atoms with Gasteiger partial charge < -0.3 is 14.1 Å². The monoisotopic (exact) mass is 304 g/mol. The van der Waals surface area contributed by atoms with Gasteiger partial charge in [0.25, 0.3) is 0 Å². The van der Waals surface area contributed by atoms with E-state index in [-0.39, 0.29) is 17.7 Å². The Balaban J connectivity index is 1.61. The molecule has 2 heterocycles. The Bertz CT molecular complexity index is 718. The highest BCUT2D eigenvalue weighted by molar-refractivity contribution is 5.76. The van der Waals surface area contributed by atoms with Crippen LogP contribution in [0.1, 0.15) is 19.8 Å². The van der Waals surface area contributed by atoms with Gasteiger partial charge in [-0.15, -0.1) is 0 Å². The molecular weight excluding hydrogens is 284 g/mol. The molecule has 22 heavy (non-hydrogen) atoms. The Kier molecular flexibility index (Phi) is 4.29. The van der Waals surface area contributed by atoms with E-state index in [4.69, 9.17) is 9.15 Å². The quantitative estimate of drug-likeness (QED) is 0.861. The number of hydrogen-bond donors (Lipinski definition) is 0. The van der Waals surface area contributed by atoms with E-state index in [0.717, 1.165) is 5.52 Å². The van der Waals surface area contributed by atoms with Crippen LogP contribution in [0.3, 0.4) is 0 Å². The molecule has 0 unspecified atom stereocenters. The van der Waals surface area contributed by atoms with E-state index in [1.54, 1.807) is 10.6 Å². The zero-order valence-corrected chi connectivity index (χ0v) is 12.7. The number of morpholine rings is 1. The molecule has 6 heteroatoms. The number of rotatable bonds is 4. The van der Waals surface area contributed by atoms with Gasteiger partial charge in [0, 0.05) is 19.5 Å². The van der Waals surface area contributed by atoms with E-state index >= 15 is 0 Å². The van der Waals surface area contributed by atoms with Crippen molar-refractivity contribution in [3.8, 4) is 0 Å². The maximum atomic E-state index is 12.2. The van der Waals surface area contributed by atoms with Crippen LogP contribution >= 0.6 is 0 Å². The molecule has 0 bridgehead atoms. The number of nitrogens with zero attached hydrogens (tertiary/aromatic N) is 2. The van der Waals surface area contributed by atoms with Gasteiger partial charge in [0.2, 0.25) is 5.91 Å². The van der Waals surface area contributed by atoms with Crippen LogP contribution < -0.4 is 5.76 Å². The third-order valence-corrected chi connectivity index (χ3v) is 4.03. The van der Waals surface area contributed by atoms with Crippen molar-refractivity contribution in [1.29, 1.82) is 0 Å². The fraction of sp³-hybridized carbons (Fsp3) is 0.500. The first kappa shape index (κ1) is 14.8. The SMILES string of the molecule is C[C@@H]1COCCN1C(=O)CCCn1c(=O)oc2ccccc21. The number of para-hydroxylation sites is 2. The molecule has 0 saturated carbocycles. The summed E-state index contributed by atoms with van der Waals surface area (Å²) in [4.78, 5) is 26.0. The largest absolute Gasteiger partial charge is 0.419 e. The summed E-state index contributed by atoms with van der Waals surface area (Å²) in [5.74, 6) is -0.245. The molecule has 6 nitrogen and oxygen atoms in total. The first-order chi connectivity index (χ1) is 10.7. The second-order valence-corrected chi connectivity index (χ2v) is 5.60. The van der Waals surface area contributed by atoms with Crippen molar-refractivity contribution < 1.29 is 13.9 Å². The predicted molar refractivity (Wildman–Crippen MR) is 81.7 cm³/mol. The van der Waals surface area contributed by atoms with Gasteiger partial charge in [0.05, 0.1) is 24.8 Å². The molecule has 1 atom stereocenters. The van der Waals surface area contributed by atoms with E-state index in [2.05, 4.69) is 0 Å². The van der Waals surface area contributed by atoms with Crippen molar-refractivity contribution in [1.82, 2.24) is 9.47 Å². The molecule has 1 aromatic heterocycles. The lowest BCUT2D eigenvalue weighted by molar-refractivity contribution is -0.139. The van der Waals surface area contributed by atoms with E-state index in [0.29, 0.717) is 44.7 Å². The molecule has 1 aliphatic rings. The predicted octanol–water partition coefficient (Wildman–Crippen LogP) is 1.62. The molecular formula is C16H20N2O4. The van der Waals surface area contributed by atoms with Gasteiger partial charge in [0.15, 0.2) is 5.58 Å². The number of aromatic nitrogens is 1. The average molecular weight is 304 g/mol. The van der Waals surface area contributed by atoms with Crippen LogP contribution in [0.4, 0.5) is 0 Å². The van der Waals surface area contributed by atoms with Gasteiger partial charge in [0.1, 0.15) is 0 Å². The van der Waals surface area contributed by atoms with Gasteiger partial charge in [-0.05, 0) is 25.5 Å². The van der Waals surface area contributed by atoms with Gasteiger partial charge in [-0.3, -0.25) is 9.36 Å². The van der Waals surface area contributed by atoms with Gasteiger partial charge in [-0.2, -0.15) is 0 Å². The van der Waals surface area contributed by atoms with Crippen molar-refractivity contribution in [2.24, 2.45) is 0 Å². The van der Waals surface area contributed by atoms with Crippen molar-refractivity contribution in [3.63, 3.8) is 0 Å². The van der Waals surface area contributed by atoms with E-state index in [1.165, 1.54) is 0 Å². The fourth-order valence-electron chi connectivity index (χ4n) is 2.86. The summed E-state index contributed by atoms with van der Waals surface area (Å²) >= 11 is 0. The maximum absolute atomic E-state index is 12.2. The minimum Gasteiger partial charge on any atom is -0.408 e. The summed E-state index contributed by atoms with van der Waals surface area (Å²) < 4.78 is 12.1.